The Morgan fingerprint density at radius 3 is 2.49 bits per heavy atom. The van der Waals surface area contributed by atoms with Crippen LogP contribution in [-0.2, 0) is 30.7 Å². The third kappa shape index (κ3) is 7.40. The fraction of sp³-hybridized carbons (Fsp3) is 0.519. The van der Waals surface area contributed by atoms with Gasteiger partial charge in [-0.1, -0.05) is 26.0 Å². The zero-order chi connectivity index (χ0) is 28.2. The van der Waals surface area contributed by atoms with Crippen LogP contribution in [0.5, 0.6) is 5.75 Å². The van der Waals surface area contributed by atoms with E-state index in [1.807, 2.05) is 13.8 Å². The summed E-state index contributed by atoms with van der Waals surface area (Å²) in [6.45, 7) is 4.40. The molecular weight excluding hydrogens is 526 g/mol. The van der Waals surface area contributed by atoms with E-state index in [-0.39, 0.29) is 54.9 Å². The molecule has 2 saturated heterocycles. The van der Waals surface area contributed by atoms with Crippen molar-refractivity contribution in [3.05, 3.63) is 54.1 Å². The van der Waals surface area contributed by atoms with Gasteiger partial charge in [0.15, 0.2) is 6.29 Å². The average molecular weight is 564 g/mol. The molecule has 2 aromatic rings. The Labute approximate surface area is 228 Å². The molecule has 39 heavy (non-hydrogen) atoms. The molecule has 5 N–H and O–H groups in total. The lowest BCUT2D eigenvalue weighted by Crippen LogP contribution is -2.51. The van der Waals surface area contributed by atoms with Gasteiger partial charge in [-0.3, -0.25) is 0 Å². The van der Waals surface area contributed by atoms with Crippen molar-refractivity contribution >= 4 is 21.8 Å². The van der Waals surface area contributed by atoms with E-state index in [4.69, 9.17) is 19.9 Å². The summed E-state index contributed by atoms with van der Waals surface area (Å²) in [5.74, 6) is -0.00327. The van der Waals surface area contributed by atoms with Gasteiger partial charge >= 0.3 is 6.09 Å². The summed E-state index contributed by atoms with van der Waals surface area (Å²) in [6, 6.07) is 11.3. The van der Waals surface area contributed by atoms with E-state index in [1.165, 1.54) is 40.7 Å². The van der Waals surface area contributed by atoms with E-state index in [9.17, 15) is 23.4 Å². The van der Waals surface area contributed by atoms with E-state index in [0.717, 1.165) is 12.0 Å². The minimum atomic E-state index is -3.97. The van der Waals surface area contributed by atoms with Gasteiger partial charge in [0, 0.05) is 18.8 Å². The maximum atomic E-state index is 13.5. The largest absolute Gasteiger partial charge is 0.508 e. The number of phenolic OH excluding ortho intramolecular Hbond substituents is 1. The maximum absolute atomic E-state index is 13.5. The number of sulfonamides is 1. The Morgan fingerprint density at radius 2 is 1.82 bits per heavy atom. The van der Waals surface area contributed by atoms with Gasteiger partial charge in [-0.25, -0.2) is 13.2 Å². The predicted octanol–water partition coefficient (Wildman–Crippen LogP) is 2.08. The van der Waals surface area contributed by atoms with Crippen LogP contribution in [0.2, 0.25) is 0 Å². The number of anilines is 1. The van der Waals surface area contributed by atoms with E-state index in [2.05, 4.69) is 5.32 Å². The van der Waals surface area contributed by atoms with Gasteiger partial charge < -0.3 is 35.5 Å². The number of amides is 1. The summed E-state index contributed by atoms with van der Waals surface area (Å²) in [5.41, 5.74) is 6.89. The third-order valence-corrected chi connectivity index (χ3v) is 8.73. The van der Waals surface area contributed by atoms with E-state index in [1.54, 1.807) is 12.1 Å². The molecule has 0 aliphatic carbocycles. The van der Waals surface area contributed by atoms with Crippen LogP contribution in [-0.4, -0.2) is 79.9 Å². The number of aliphatic hydroxyl groups is 1. The number of carbonyl (C=O) groups excluding carboxylic acids is 1. The van der Waals surface area contributed by atoms with Crippen LogP contribution >= 0.6 is 0 Å². The number of rotatable bonds is 11. The second-order valence-corrected chi connectivity index (χ2v) is 12.4. The Kier molecular flexibility index (Phi) is 9.34. The topological polar surface area (TPSA) is 161 Å². The molecule has 0 radical (unpaired) electrons. The molecule has 0 bridgehead atoms. The summed E-state index contributed by atoms with van der Waals surface area (Å²) in [4.78, 5) is 13.0. The number of carbonyl (C=O) groups is 1. The van der Waals surface area contributed by atoms with E-state index < -0.39 is 34.4 Å². The van der Waals surface area contributed by atoms with Crippen LogP contribution in [0, 0.1) is 11.8 Å². The van der Waals surface area contributed by atoms with Gasteiger partial charge in [-0.05, 0) is 60.7 Å². The third-order valence-electron chi connectivity index (χ3n) is 6.88. The van der Waals surface area contributed by atoms with Crippen molar-refractivity contribution in [2.45, 2.75) is 56.1 Å². The summed E-state index contributed by atoms with van der Waals surface area (Å²) in [5, 5.41) is 23.7. The predicted molar refractivity (Wildman–Crippen MR) is 143 cm³/mol. The molecule has 5 atom stereocenters. The van der Waals surface area contributed by atoms with Crippen LogP contribution < -0.4 is 11.1 Å². The maximum Gasteiger partial charge on any atom is 0.407 e. The lowest BCUT2D eigenvalue weighted by molar-refractivity contribution is -0.0907. The minimum absolute atomic E-state index is 0.0295. The van der Waals surface area contributed by atoms with Gasteiger partial charge in [0.2, 0.25) is 10.0 Å². The molecule has 2 aliphatic rings. The molecule has 2 aromatic carbocycles. The molecule has 0 spiro atoms. The van der Waals surface area contributed by atoms with Gasteiger partial charge in [-0.15, -0.1) is 0 Å². The average Bonchev–Trinajstić information content (AvgIpc) is 3.50. The van der Waals surface area contributed by atoms with Crippen LogP contribution in [0.25, 0.3) is 0 Å². The fourth-order valence-electron chi connectivity index (χ4n) is 4.84. The first-order chi connectivity index (χ1) is 18.5. The molecule has 2 fully saturated rings. The monoisotopic (exact) mass is 563 g/mol. The number of fused-ring (bicyclic) bond motifs is 1. The normalized spacial score (nSPS) is 22.5. The molecule has 12 heteroatoms. The quantitative estimate of drug-likeness (QED) is 0.300. The number of aromatic hydroxyl groups is 1. The van der Waals surface area contributed by atoms with Crippen molar-refractivity contribution in [3.8, 4) is 5.75 Å². The highest BCUT2D eigenvalue weighted by Gasteiger charge is 2.44. The number of hydrogen-bond donors (Lipinski definition) is 4. The van der Waals surface area contributed by atoms with Gasteiger partial charge in [0.1, 0.15) is 11.9 Å². The summed E-state index contributed by atoms with van der Waals surface area (Å²) in [6.07, 6.45) is -2.00. The number of alkyl carbamates (subject to hydrolysis) is 1. The minimum Gasteiger partial charge on any atom is -0.508 e. The van der Waals surface area contributed by atoms with Crippen molar-refractivity contribution in [1.29, 1.82) is 0 Å². The first-order valence-electron chi connectivity index (χ1n) is 13.0. The zero-order valence-corrected chi connectivity index (χ0v) is 22.9. The van der Waals surface area contributed by atoms with Crippen molar-refractivity contribution < 1.29 is 37.6 Å². The SMILES string of the molecule is CC(C)CN(C[C@@H](O)C(Cc1ccc(O)cc1)NC(=O)O[C@H]1CO[C@H]2OCC[C@H]21)S(=O)(=O)c1ccc(N)cc1. The van der Waals surface area contributed by atoms with Crippen molar-refractivity contribution in [1.82, 2.24) is 9.62 Å². The number of nitrogens with two attached hydrogens (primary N) is 1. The van der Waals surface area contributed by atoms with Gasteiger partial charge in [-0.2, -0.15) is 4.31 Å². The second kappa shape index (κ2) is 12.5. The summed E-state index contributed by atoms with van der Waals surface area (Å²) in [7, 11) is -3.97. The molecular formula is C27H37N3O8S. The molecule has 11 nitrogen and oxygen atoms in total. The van der Waals surface area contributed by atoms with Crippen LogP contribution in [0.1, 0.15) is 25.8 Å². The lowest BCUT2D eigenvalue weighted by Gasteiger charge is -2.31. The molecule has 1 unspecified atom stereocenters. The summed E-state index contributed by atoms with van der Waals surface area (Å²) < 4.78 is 44.9. The first kappa shape index (κ1) is 29.1. The summed E-state index contributed by atoms with van der Waals surface area (Å²) >= 11 is 0. The highest BCUT2D eigenvalue weighted by Crippen LogP contribution is 2.33. The molecule has 0 aromatic heterocycles. The molecule has 2 heterocycles. The molecule has 1 amide bonds. The number of aliphatic hydroxyl groups excluding tert-OH is 1. The standard InChI is InChI=1S/C27H37N3O8S/c1-17(2)14-30(39(34,35)21-9-5-19(28)6-10-21)15-24(32)23(13-18-3-7-20(31)8-4-18)29-27(33)38-25-16-37-26-22(25)11-12-36-26/h3-10,17,22-26,31-32H,11-16,28H2,1-2H3,(H,29,33)/t22-,23?,24+,25-,26+/m0/s1. The highest BCUT2D eigenvalue weighted by atomic mass is 32.2. The highest BCUT2D eigenvalue weighted by molar-refractivity contribution is 7.89. The van der Waals surface area contributed by atoms with Crippen molar-refractivity contribution in [3.63, 3.8) is 0 Å². The van der Waals surface area contributed by atoms with Crippen molar-refractivity contribution in [2.75, 3.05) is 32.0 Å². The number of benzene rings is 2. The number of phenols is 1. The Hall–Kier alpha value is -2.90. The molecule has 2 aliphatic heterocycles. The van der Waals surface area contributed by atoms with Crippen molar-refractivity contribution in [2.24, 2.45) is 11.8 Å². The molecule has 214 valence electrons. The lowest BCUT2D eigenvalue weighted by atomic mass is 10.0. The number of nitrogens with one attached hydrogen (secondary N) is 1. The van der Waals surface area contributed by atoms with Crippen LogP contribution in [0.15, 0.2) is 53.4 Å². The van der Waals surface area contributed by atoms with Crippen LogP contribution in [0.4, 0.5) is 10.5 Å². The van der Waals surface area contributed by atoms with Gasteiger partial charge in [0.05, 0.1) is 36.2 Å². The number of ether oxygens (including phenoxy) is 3. The molecule has 0 saturated carbocycles. The Morgan fingerprint density at radius 1 is 1.13 bits per heavy atom. The Bertz CT molecular complexity index is 1210. The number of hydrogen-bond acceptors (Lipinski definition) is 9. The second-order valence-electron chi connectivity index (χ2n) is 10.4. The zero-order valence-electron chi connectivity index (χ0n) is 22.1. The van der Waals surface area contributed by atoms with Gasteiger partial charge in [0.25, 0.3) is 0 Å². The fourth-order valence-corrected chi connectivity index (χ4v) is 6.46. The molecule has 4 rings (SSSR count). The van der Waals surface area contributed by atoms with E-state index >= 15 is 0 Å². The smallest absolute Gasteiger partial charge is 0.407 e. The van der Waals surface area contributed by atoms with E-state index in [0.29, 0.717) is 12.3 Å². The van der Waals surface area contributed by atoms with Crippen LogP contribution in [0.3, 0.4) is 0 Å². The Balaban J connectivity index is 1.52. The number of nitrogen functional groups attached to an aromatic ring is 1. The first-order valence-corrected chi connectivity index (χ1v) is 14.5. The number of nitrogens with zero attached hydrogens (tertiary/aromatic N) is 1.